The second kappa shape index (κ2) is 6.92. The third-order valence-corrected chi connectivity index (χ3v) is 1.83. The first-order valence-corrected chi connectivity index (χ1v) is 4.42. The summed E-state index contributed by atoms with van der Waals surface area (Å²) in [7, 11) is 1.82. The number of hydrogen-bond donors (Lipinski definition) is 2. The maximum absolute atomic E-state index is 5.99. The van der Waals surface area contributed by atoms with Crippen LogP contribution in [-0.4, -0.2) is 13.1 Å². The highest BCUT2D eigenvalue weighted by atomic mass is 14.9. The third kappa shape index (κ3) is 3.46. The van der Waals surface area contributed by atoms with Gasteiger partial charge in [0.25, 0.3) is 0 Å². The van der Waals surface area contributed by atoms with Crippen LogP contribution in [0, 0.1) is 0 Å². The molecule has 0 radical (unpaired) electrons. The molecule has 14 heavy (non-hydrogen) atoms. The average Bonchev–Trinajstić information content (AvgIpc) is 2.21. The normalized spacial score (nSPS) is 14.4. The minimum Gasteiger partial charge on any atom is -0.390 e. The standard InChI is InChI=1S/C12H18N2/c1-5-8-10(7-3)12(13)11(14-4)9-6-2/h5-9,12,14H,1-3,13H2,4H3/b10-8+,11-9-. The molecule has 0 aromatic rings. The van der Waals surface area contributed by atoms with Crippen molar-refractivity contribution in [2.45, 2.75) is 6.04 Å². The maximum Gasteiger partial charge on any atom is 0.0700 e. The fourth-order valence-corrected chi connectivity index (χ4v) is 1.08. The average molecular weight is 190 g/mol. The summed E-state index contributed by atoms with van der Waals surface area (Å²) in [5.74, 6) is 0. The fourth-order valence-electron chi connectivity index (χ4n) is 1.08. The molecule has 0 aromatic heterocycles. The molecular formula is C12H18N2. The van der Waals surface area contributed by atoms with E-state index in [1.54, 1.807) is 18.2 Å². The van der Waals surface area contributed by atoms with Crippen LogP contribution in [0.15, 0.2) is 61.4 Å². The number of hydrogen-bond acceptors (Lipinski definition) is 2. The van der Waals surface area contributed by atoms with Crippen molar-refractivity contribution in [1.29, 1.82) is 0 Å². The Kier molecular flexibility index (Phi) is 6.16. The smallest absolute Gasteiger partial charge is 0.0700 e. The highest BCUT2D eigenvalue weighted by Crippen LogP contribution is 2.08. The third-order valence-electron chi connectivity index (χ3n) is 1.83. The van der Waals surface area contributed by atoms with Gasteiger partial charge in [0.15, 0.2) is 0 Å². The molecule has 0 saturated carbocycles. The van der Waals surface area contributed by atoms with E-state index in [0.29, 0.717) is 0 Å². The molecule has 2 heteroatoms. The Morgan fingerprint density at radius 2 is 1.79 bits per heavy atom. The Labute approximate surface area is 86.2 Å². The monoisotopic (exact) mass is 190 g/mol. The van der Waals surface area contributed by atoms with Crippen molar-refractivity contribution in [3.8, 4) is 0 Å². The van der Waals surface area contributed by atoms with Gasteiger partial charge < -0.3 is 11.1 Å². The zero-order chi connectivity index (χ0) is 11.0. The Morgan fingerprint density at radius 1 is 1.21 bits per heavy atom. The molecule has 0 fully saturated rings. The van der Waals surface area contributed by atoms with E-state index in [2.05, 4.69) is 25.1 Å². The molecule has 1 atom stereocenters. The number of rotatable bonds is 6. The summed E-state index contributed by atoms with van der Waals surface area (Å²) in [6.07, 6.45) is 8.79. The van der Waals surface area contributed by atoms with Crippen LogP contribution in [0.25, 0.3) is 0 Å². The van der Waals surface area contributed by atoms with Crippen molar-refractivity contribution in [3.05, 3.63) is 61.4 Å². The number of allylic oxidation sites excluding steroid dienone is 4. The summed E-state index contributed by atoms with van der Waals surface area (Å²) in [6.45, 7) is 10.9. The van der Waals surface area contributed by atoms with E-state index in [4.69, 9.17) is 5.73 Å². The SMILES string of the molecule is C=C/C=C(\NC)C(N)/C(C=C)=C/C=C. The van der Waals surface area contributed by atoms with Crippen molar-refractivity contribution >= 4 is 0 Å². The quantitative estimate of drug-likeness (QED) is 0.628. The highest BCUT2D eigenvalue weighted by molar-refractivity contribution is 5.34. The lowest BCUT2D eigenvalue weighted by atomic mass is 10.0. The van der Waals surface area contributed by atoms with Crippen molar-refractivity contribution in [2.24, 2.45) is 5.73 Å². The molecule has 0 amide bonds. The summed E-state index contributed by atoms with van der Waals surface area (Å²) in [5.41, 5.74) is 7.80. The molecule has 0 aliphatic carbocycles. The minimum absolute atomic E-state index is 0.214. The summed E-state index contributed by atoms with van der Waals surface area (Å²) in [5, 5.41) is 3.02. The van der Waals surface area contributed by atoms with Crippen molar-refractivity contribution in [3.63, 3.8) is 0 Å². The summed E-state index contributed by atoms with van der Waals surface area (Å²) in [6, 6.07) is -0.214. The Hall–Kier alpha value is -1.54. The van der Waals surface area contributed by atoms with E-state index < -0.39 is 0 Å². The van der Waals surface area contributed by atoms with Gasteiger partial charge in [0.1, 0.15) is 0 Å². The van der Waals surface area contributed by atoms with Gasteiger partial charge in [0.05, 0.1) is 6.04 Å². The van der Waals surface area contributed by atoms with E-state index in [1.807, 2.05) is 19.2 Å². The molecule has 0 rings (SSSR count). The topological polar surface area (TPSA) is 38.0 Å². The molecule has 0 saturated heterocycles. The molecule has 0 aromatic carbocycles. The van der Waals surface area contributed by atoms with Gasteiger partial charge in [-0.3, -0.25) is 0 Å². The van der Waals surface area contributed by atoms with Crippen LogP contribution in [0.3, 0.4) is 0 Å². The van der Waals surface area contributed by atoms with E-state index >= 15 is 0 Å². The van der Waals surface area contributed by atoms with E-state index in [9.17, 15) is 0 Å². The van der Waals surface area contributed by atoms with E-state index in [-0.39, 0.29) is 6.04 Å². The molecule has 2 nitrogen and oxygen atoms in total. The molecular weight excluding hydrogens is 172 g/mol. The van der Waals surface area contributed by atoms with Gasteiger partial charge in [0, 0.05) is 12.7 Å². The molecule has 0 heterocycles. The summed E-state index contributed by atoms with van der Waals surface area (Å²) < 4.78 is 0. The van der Waals surface area contributed by atoms with Crippen molar-refractivity contribution < 1.29 is 0 Å². The summed E-state index contributed by atoms with van der Waals surface area (Å²) >= 11 is 0. The molecule has 0 spiro atoms. The van der Waals surface area contributed by atoms with E-state index in [0.717, 1.165) is 11.3 Å². The van der Waals surface area contributed by atoms with Crippen LogP contribution in [0.2, 0.25) is 0 Å². The number of nitrogens with two attached hydrogens (primary N) is 1. The van der Waals surface area contributed by atoms with Crippen molar-refractivity contribution in [2.75, 3.05) is 7.05 Å². The largest absolute Gasteiger partial charge is 0.390 e. The Bertz CT molecular complexity index is 272. The lowest BCUT2D eigenvalue weighted by Crippen LogP contribution is -2.30. The van der Waals surface area contributed by atoms with Gasteiger partial charge >= 0.3 is 0 Å². The van der Waals surface area contributed by atoms with Crippen LogP contribution in [0.4, 0.5) is 0 Å². The molecule has 76 valence electrons. The van der Waals surface area contributed by atoms with Gasteiger partial charge in [-0.25, -0.2) is 0 Å². The molecule has 0 aliphatic heterocycles. The number of nitrogens with one attached hydrogen (secondary N) is 1. The maximum atomic E-state index is 5.99. The lowest BCUT2D eigenvalue weighted by molar-refractivity contribution is 0.808. The molecule has 0 bridgehead atoms. The second-order valence-electron chi connectivity index (χ2n) is 2.69. The first kappa shape index (κ1) is 12.5. The van der Waals surface area contributed by atoms with Gasteiger partial charge in [-0.2, -0.15) is 0 Å². The number of likely N-dealkylation sites (N-methyl/N-ethyl adjacent to an activating group) is 1. The second-order valence-corrected chi connectivity index (χ2v) is 2.69. The van der Waals surface area contributed by atoms with Crippen LogP contribution in [0.5, 0.6) is 0 Å². The van der Waals surface area contributed by atoms with Gasteiger partial charge in [0.2, 0.25) is 0 Å². The van der Waals surface area contributed by atoms with Crippen LogP contribution >= 0.6 is 0 Å². The van der Waals surface area contributed by atoms with Gasteiger partial charge in [-0.05, 0) is 11.6 Å². The predicted molar refractivity (Wildman–Crippen MR) is 63.8 cm³/mol. The van der Waals surface area contributed by atoms with Crippen LogP contribution < -0.4 is 11.1 Å². The van der Waals surface area contributed by atoms with Crippen molar-refractivity contribution in [1.82, 2.24) is 5.32 Å². The summed E-state index contributed by atoms with van der Waals surface area (Å²) in [4.78, 5) is 0. The predicted octanol–water partition coefficient (Wildman–Crippen LogP) is 1.90. The molecule has 1 unspecified atom stereocenters. The molecule has 0 aliphatic rings. The fraction of sp³-hybridized carbons (Fsp3) is 0.167. The first-order valence-electron chi connectivity index (χ1n) is 4.42. The Balaban J connectivity index is 4.87. The first-order chi connectivity index (χ1) is 6.71. The van der Waals surface area contributed by atoms with Crippen LogP contribution in [-0.2, 0) is 0 Å². The molecule has 3 N–H and O–H groups in total. The minimum atomic E-state index is -0.214. The Morgan fingerprint density at radius 3 is 2.14 bits per heavy atom. The van der Waals surface area contributed by atoms with Gasteiger partial charge in [-0.1, -0.05) is 44.0 Å². The lowest BCUT2D eigenvalue weighted by Gasteiger charge is -2.16. The zero-order valence-electron chi connectivity index (χ0n) is 8.66. The van der Waals surface area contributed by atoms with Crippen LogP contribution in [0.1, 0.15) is 0 Å². The van der Waals surface area contributed by atoms with E-state index in [1.165, 1.54) is 0 Å². The van der Waals surface area contributed by atoms with Gasteiger partial charge in [-0.15, -0.1) is 0 Å². The zero-order valence-corrected chi connectivity index (χ0v) is 8.66. The highest BCUT2D eigenvalue weighted by Gasteiger charge is 2.09.